The maximum atomic E-state index is 7.08. The lowest BCUT2D eigenvalue weighted by Crippen LogP contribution is -2.69. The van der Waals surface area contributed by atoms with Crippen LogP contribution in [0.5, 0.6) is 0 Å². The molecule has 0 saturated carbocycles. The van der Waals surface area contributed by atoms with Crippen LogP contribution >= 0.6 is 0 Å². The molecule has 0 amide bonds. The lowest BCUT2D eigenvalue weighted by Gasteiger charge is -2.66. The Bertz CT molecular complexity index is 2740. The van der Waals surface area contributed by atoms with Crippen molar-refractivity contribution < 1.29 is 4.74 Å². The van der Waals surface area contributed by atoms with E-state index < -0.39 is 16.1 Å². The van der Waals surface area contributed by atoms with Crippen molar-refractivity contribution in [3.8, 4) is 0 Å². The van der Waals surface area contributed by atoms with Gasteiger partial charge in [-0.1, -0.05) is 177 Å². The number of hydrogen-bond acceptors (Lipinski definition) is 2. The van der Waals surface area contributed by atoms with Gasteiger partial charge in [0.05, 0.1) is 6.04 Å². The Balaban J connectivity index is 1.00. The molecule has 11 atom stereocenters. The first-order chi connectivity index (χ1) is 31.4. The van der Waals surface area contributed by atoms with Gasteiger partial charge in [0, 0.05) is 27.9 Å². The fourth-order valence-electron chi connectivity index (χ4n) is 16.1. The summed E-state index contributed by atoms with van der Waals surface area (Å²) in [5, 5.41) is 6.74. The van der Waals surface area contributed by atoms with Gasteiger partial charge in [-0.05, 0) is 137 Å². The quantitative estimate of drug-likeness (QED) is 0.225. The summed E-state index contributed by atoms with van der Waals surface area (Å²) in [6, 6.07) is 19.6. The molecule has 13 rings (SSSR count). The number of benzene rings is 2. The molecule has 4 heteroatoms. The zero-order chi connectivity index (χ0) is 42.8. The first-order valence-corrected chi connectivity index (χ1v) is 29.3. The summed E-state index contributed by atoms with van der Waals surface area (Å²) in [6.45, 7) is 7.80. The van der Waals surface area contributed by atoms with Gasteiger partial charge in [0.2, 0.25) is 0 Å². The highest BCUT2D eigenvalue weighted by Gasteiger charge is 2.68. The van der Waals surface area contributed by atoms with Crippen LogP contribution in [-0.4, -0.2) is 28.3 Å². The molecule has 0 bridgehead atoms. The second-order valence-electron chi connectivity index (χ2n) is 21.6. The summed E-state index contributed by atoms with van der Waals surface area (Å²) in [7, 11) is -4.94. The molecule has 2 nitrogen and oxygen atoms in total. The Labute approximate surface area is 384 Å². The monoisotopic (exact) mass is 869 g/mol. The normalized spacial score (nSPS) is 38.6. The van der Waals surface area contributed by atoms with Crippen molar-refractivity contribution in [3.63, 3.8) is 0 Å². The van der Waals surface area contributed by atoms with E-state index in [4.69, 9.17) is 4.74 Å². The standard InChI is InChI=1S/C60H63NOSi2/c1-59(2)43-23-7-14-30-51(43)63(52-31-15-8-24-44(52)59)53-32-16-9-25-45(53)60(3,46-26-10-17-33-54(46)63)40-41-37-38-56-48(39-41)61(42-21-5-4-6-22-42)47-27-11-18-34-55(47)64(56)57-35-19-12-28-49(57)62-50-29-13-20-36-58(50)64/h4-7,9,11,14,16,18-19,21-27,29-39,43,45,47,49,51,53,55,57H,8,10,12-13,15,17,20,28,40H2,1-3H3. The summed E-state index contributed by atoms with van der Waals surface area (Å²) in [6.07, 6.45) is 61.6. The summed E-state index contributed by atoms with van der Waals surface area (Å²) >= 11 is 0. The van der Waals surface area contributed by atoms with Gasteiger partial charge in [0.1, 0.15) is 28.0 Å². The summed E-state index contributed by atoms with van der Waals surface area (Å²) in [5.41, 5.74) is 9.43. The average molecular weight is 870 g/mol. The first-order valence-electron chi connectivity index (χ1n) is 25.0. The summed E-state index contributed by atoms with van der Waals surface area (Å²) < 4.78 is 7.08. The van der Waals surface area contributed by atoms with Crippen molar-refractivity contribution in [1.82, 2.24) is 0 Å². The van der Waals surface area contributed by atoms with Crippen LogP contribution in [0, 0.1) is 22.7 Å². The molecular weight excluding hydrogens is 807 g/mol. The van der Waals surface area contributed by atoms with Gasteiger partial charge < -0.3 is 9.64 Å². The van der Waals surface area contributed by atoms with Crippen molar-refractivity contribution in [3.05, 3.63) is 208 Å². The van der Waals surface area contributed by atoms with E-state index in [1.165, 1.54) is 35.5 Å². The smallest absolute Gasteiger partial charge is 0.144 e. The molecule has 64 heavy (non-hydrogen) atoms. The molecule has 2 aromatic carbocycles. The van der Waals surface area contributed by atoms with Gasteiger partial charge in [0.25, 0.3) is 0 Å². The molecule has 4 heterocycles. The predicted octanol–water partition coefficient (Wildman–Crippen LogP) is 14.3. The fourth-order valence-corrected chi connectivity index (χ4v) is 30.6. The van der Waals surface area contributed by atoms with Gasteiger partial charge in [-0.25, -0.2) is 0 Å². The minimum atomic E-state index is -2.53. The third-order valence-corrected chi connectivity index (χ3v) is 30.2. The number of para-hydroxylation sites is 1. The minimum absolute atomic E-state index is 0.0600. The van der Waals surface area contributed by atoms with Gasteiger partial charge in [-0.3, -0.25) is 0 Å². The summed E-state index contributed by atoms with van der Waals surface area (Å²) in [5.74, 6) is 2.13. The van der Waals surface area contributed by atoms with Crippen LogP contribution in [0.15, 0.2) is 203 Å². The highest BCUT2D eigenvalue weighted by Crippen LogP contribution is 2.72. The van der Waals surface area contributed by atoms with Gasteiger partial charge >= 0.3 is 0 Å². The van der Waals surface area contributed by atoms with Crippen molar-refractivity contribution in [2.45, 2.75) is 113 Å². The molecular formula is C60H63NOSi2. The van der Waals surface area contributed by atoms with Gasteiger partial charge in [-0.15, -0.1) is 0 Å². The predicted molar refractivity (Wildman–Crippen MR) is 272 cm³/mol. The van der Waals surface area contributed by atoms with E-state index in [2.05, 4.69) is 196 Å². The van der Waals surface area contributed by atoms with Crippen molar-refractivity contribution >= 4 is 32.7 Å². The average Bonchev–Trinajstić information content (AvgIpc) is 3.34. The number of nitrogens with zero attached hydrogens (tertiary/aromatic N) is 1. The molecule has 0 N–H and O–H groups in total. The minimum Gasteiger partial charge on any atom is -0.491 e. The molecule has 11 aliphatic rings. The number of fused-ring (bicyclic) bond motifs is 16. The van der Waals surface area contributed by atoms with E-state index in [1.807, 2.05) is 0 Å². The van der Waals surface area contributed by atoms with Crippen LogP contribution < -0.4 is 10.1 Å². The second-order valence-corrected chi connectivity index (χ2v) is 29.9. The topological polar surface area (TPSA) is 12.5 Å². The Kier molecular flexibility index (Phi) is 8.97. The Morgan fingerprint density at radius 2 is 1.22 bits per heavy atom. The van der Waals surface area contributed by atoms with Crippen LogP contribution in [0.2, 0.25) is 22.2 Å². The van der Waals surface area contributed by atoms with Crippen LogP contribution in [0.3, 0.4) is 0 Å². The number of hydrogen-bond donors (Lipinski definition) is 0. The van der Waals surface area contributed by atoms with Gasteiger partial charge in [-0.2, -0.15) is 0 Å². The highest BCUT2D eigenvalue weighted by atomic mass is 28.3. The molecule has 0 aromatic heterocycles. The SMILES string of the molecule is CC1(C)C2=CCCC=C2[Si]2(C3=CCCC=C3C(C)(Cc3ccc4c(c3)N(c3ccccc3)C3C=CC=CC3[Si]43C4=CCCC=C4OC4CCC=CC43)C3C=CC=CC32)C2C=CC=CC21. The van der Waals surface area contributed by atoms with E-state index in [0.717, 1.165) is 44.9 Å². The first kappa shape index (κ1) is 39.5. The Morgan fingerprint density at radius 1 is 0.578 bits per heavy atom. The van der Waals surface area contributed by atoms with Gasteiger partial charge in [0.15, 0.2) is 0 Å². The molecule has 4 aliphatic heterocycles. The number of ether oxygens (including phenoxy) is 1. The highest BCUT2D eigenvalue weighted by molar-refractivity contribution is 7.03. The third-order valence-electron chi connectivity index (χ3n) is 18.4. The molecule has 2 spiro atoms. The van der Waals surface area contributed by atoms with Crippen LogP contribution in [-0.2, 0) is 11.2 Å². The van der Waals surface area contributed by atoms with E-state index >= 15 is 0 Å². The van der Waals surface area contributed by atoms with Crippen LogP contribution in [0.4, 0.5) is 11.4 Å². The number of rotatable bonds is 3. The number of anilines is 2. The lowest BCUT2D eigenvalue weighted by atomic mass is 9.63. The van der Waals surface area contributed by atoms with E-state index in [-0.39, 0.29) is 23.0 Å². The molecule has 3 fully saturated rings. The molecule has 0 radical (unpaired) electrons. The van der Waals surface area contributed by atoms with E-state index in [0.29, 0.717) is 34.0 Å². The Morgan fingerprint density at radius 3 is 2.02 bits per heavy atom. The third kappa shape index (κ3) is 5.19. The second kappa shape index (κ2) is 14.5. The lowest BCUT2D eigenvalue weighted by molar-refractivity contribution is 0.103. The maximum absolute atomic E-state index is 7.08. The molecule has 7 aliphatic carbocycles. The van der Waals surface area contributed by atoms with E-state index in [9.17, 15) is 0 Å². The largest absolute Gasteiger partial charge is 0.491 e. The van der Waals surface area contributed by atoms with Crippen molar-refractivity contribution in [1.29, 1.82) is 0 Å². The van der Waals surface area contributed by atoms with Crippen molar-refractivity contribution in [2.75, 3.05) is 4.90 Å². The fraction of sp³-hybridized carbons (Fsp3) is 0.367. The molecule has 322 valence electrons. The van der Waals surface area contributed by atoms with Crippen LogP contribution in [0.25, 0.3) is 0 Å². The molecule has 3 saturated heterocycles. The summed E-state index contributed by atoms with van der Waals surface area (Å²) in [4.78, 5) is 2.75. The Hall–Kier alpha value is -4.91. The van der Waals surface area contributed by atoms with Crippen LogP contribution in [0.1, 0.15) is 77.7 Å². The van der Waals surface area contributed by atoms with E-state index in [1.54, 1.807) is 31.9 Å². The number of allylic oxidation sites excluding steroid dienone is 22. The molecule has 2 aromatic rings. The van der Waals surface area contributed by atoms with Crippen molar-refractivity contribution in [2.24, 2.45) is 22.7 Å². The maximum Gasteiger partial charge on any atom is 0.144 e. The zero-order valence-electron chi connectivity index (χ0n) is 38.0. The molecule has 11 unspecified atom stereocenters. The zero-order valence-corrected chi connectivity index (χ0v) is 40.0.